The molecule has 2 aromatic rings. The van der Waals surface area contributed by atoms with Gasteiger partial charge in [0.2, 0.25) is 0 Å². The van der Waals surface area contributed by atoms with E-state index in [0.29, 0.717) is 24.8 Å². The lowest BCUT2D eigenvalue weighted by Gasteiger charge is -2.23. The lowest BCUT2D eigenvalue weighted by atomic mass is 10.2. The predicted octanol–water partition coefficient (Wildman–Crippen LogP) is 3.40. The number of amides is 2. The zero-order valence-corrected chi connectivity index (χ0v) is 17.4. The quantitative estimate of drug-likeness (QED) is 0.631. The van der Waals surface area contributed by atoms with E-state index < -0.39 is 10.1 Å². The van der Waals surface area contributed by atoms with Gasteiger partial charge in [0.1, 0.15) is 16.4 Å². The molecule has 156 valence electrons. The molecule has 1 N–H and O–H groups in total. The van der Waals surface area contributed by atoms with Crippen LogP contribution < -0.4 is 14.2 Å². The lowest BCUT2D eigenvalue weighted by molar-refractivity contribution is 0.193. The summed E-state index contributed by atoms with van der Waals surface area (Å²) in [7, 11) is -2.42. The number of carbonyl (C=O) groups is 1. The molecule has 0 radical (unpaired) electrons. The molecule has 29 heavy (non-hydrogen) atoms. The van der Waals surface area contributed by atoms with Crippen LogP contribution in [-0.2, 0) is 16.7 Å². The van der Waals surface area contributed by atoms with Crippen LogP contribution in [0.2, 0.25) is 0 Å². The van der Waals surface area contributed by atoms with Crippen molar-refractivity contribution in [3.05, 3.63) is 54.1 Å². The van der Waals surface area contributed by atoms with Gasteiger partial charge in [-0.15, -0.1) is 0 Å². The van der Waals surface area contributed by atoms with E-state index in [9.17, 15) is 13.2 Å². The minimum atomic E-state index is -3.93. The molecule has 0 saturated heterocycles. The molecule has 2 aromatic carbocycles. The first kappa shape index (κ1) is 21.0. The van der Waals surface area contributed by atoms with Gasteiger partial charge < -0.3 is 19.1 Å². The van der Waals surface area contributed by atoms with E-state index >= 15 is 0 Å². The number of carbonyl (C=O) groups excluding carboxylic acids is 1. The highest BCUT2D eigenvalue weighted by Crippen LogP contribution is 2.30. The van der Waals surface area contributed by atoms with Crippen LogP contribution in [0.4, 0.5) is 4.79 Å². The number of ether oxygens (including phenoxy) is 1. The number of rotatable bonds is 9. The normalized spacial score (nSPS) is 13.6. The molecule has 8 heteroatoms. The Kier molecular flexibility index (Phi) is 6.64. The van der Waals surface area contributed by atoms with Crippen LogP contribution in [0, 0.1) is 5.92 Å². The Morgan fingerprint density at radius 1 is 1.07 bits per heavy atom. The third kappa shape index (κ3) is 5.87. The summed E-state index contributed by atoms with van der Waals surface area (Å²) in [4.78, 5) is 14.1. The monoisotopic (exact) mass is 418 g/mol. The molecule has 0 spiro atoms. The minimum Gasteiger partial charge on any atom is -0.497 e. The van der Waals surface area contributed by atoms with Crippen LogP contribution in [0.5, 0.6) is 11.5 Å². The Hall–Kier alpha value is -2.74. The fraction of sp³-hybridized carbons (Fsp3) is 0.381. The topological polar surface area (TPSA) is 84.9 Å². The zero-order valence-electron chi connectivity index (χ0n) is 16.6. The lowest BCUT2D eigenvalue weighted by Crippen LogP contribution is -2.40. The molecular formula is C21H26N2O5S. The summed E-state index contributed by atoms with van der Waals surface area (Å²) >= 11 is 0. The van der Waals surface area contributed by atoms with E-state index in [0.717, 1.165) is 24.9 Å². The fourth-order valence-electron chi connectivity index (χ4n) is 2.88. The number of benzene rings is 2. The van der Waals surface area contributed by atoms with Crippen molar-refractivity contribution in [2.24, 2.45) is 5.92 Å². The molecule has 1 aliphatic rings. The van der Waals surface area contributed by atoms with Crippen molar-refractivity contribution in [2.45, 2.75) is 31.2 Å². The van der Waals surface area contributed by atoms with E-state index in [2.05, 4.69) is 5.32 Å². The average molecular weight is 419 g/mol. The van der Waals surface area contributed by atoms with E-state index in [1.165, 1.54) is 19.2 Å². The molecule has 1 fully saturated rings. The highest BCUT2D eigenvalue weighted by molar-refractivity contribution is 7.87. The Labute approximate surface area is 171 Å². The van der Waals surface area contributed by atoms with Gasteiger partial charge in [0.15, 0.2) is 0 Å². The Morgan fingerprint density at radius 3 is 2.24 bits per heavy atom. The first-order chi connectivity index (χ1) is 13.9. The summed E-state index contributed by atoms with van der Waals surface area (Å²) in [5.41, 5.74) is 0.908. The standard InChI is InChI=1S/C21H26N2O5S/c1-3-22-21(24)23(14-16-4-5-16)15-17-6-8-19(9-7-17)28-29(25,26)20-12-10-18(27-2)11-13-20/h6-13,16H,3-5,14-15H2,1-2H3,(H,22,24). The molecule has 1 saturated carbocycles. The maximum absolute atomic E-state index is 12.4. The van der Waals surface area contributed by atoms with Crippen molar-refractivity contribution in [1.82, 2.24) is 10.2 Å². The van der Waals surface area contributed by atoms with Crippen LogP contribution in [0.1, 0.15) is 25.3 Å². The van der Waals surface area contributed by atoms with Crippen LogP contribution in [-0.4, -0.2) is 39.5 Å². The van der Waals surface area contributed by atoms with Crippen molar-refractivity contribution < 1.29 is 22.1 Å². The second kappa shape index (κ2) is 9.17. The van der Waals surface area contributed by atoms with Gasteiger partial charge in [-0.05, 0) is 67.6 Å². The zero-order chi connectivity index (χ0) is 20.9. The van der Waals surface area contributed by atoms with E-state index in [1.807, 2.05) is 6.92 Å². The van der Waals surface area contributed by atoms with E-state index in [1.54, 1.807) is 41.3 Å². The van der Waals surface area contributed by atoms with Crippen molar-refractivity contribution in [1.29, 1.82) is 0 Å². The second-order valence-corrected chi connectivity index (χ2v) is 8.56. The fourth-order valence-corrected chi connectivity index (χ4v) is 3.81. The van der Waals surface area contributed by atoms with Crippen LogP contribution in [0.25, 0.3) is 0 Å². The van der Waals surface area contributed by atoms with Crippen molar-refractivity contribution in [2.75, 3.05) is 20.2 Å². The number of nitrogens with zero attached hydrogens (tertiary/aromatic N) is 1. The van der Waals surface area contributed by atoms with Gasteiger partial charge in [0, 0.05) is 19.6 Å². The maximum Gasteiger partial charge on any atom is 0.339 e. The van der Waals surface area contributed by atoms with Crippen molar-refractivity contribution in [3.8, 4) is 11.5 Å². The molecular weight excluding hydrogens is 392 g/mol. The molecule has 1 aliphatic carbocycles. The minimum absolute atomic E-state index is 0.0502. The number of hydrogen-bond acceptors (Lipinski definition) is 5. The third-order valence-electron chi connectivity index (χ3n) is 4.64. The first-order valence-corrected chi connectivity index (χ1v) is 11.0. The number of nitrogens with one attached hydrogen (secondary N) is 1. The first-order valence-electron chi connectivity index (χ1n) is 9.61. The Balaban J connectivity index is 1.65. The molecule has 0 unspecified atom stereocenters. The largest absolute Gasteiger partial charge is 0.497 e. The average Bonchev–Trinajstić information content (AvgIpc) is 3.53. The van der Waals surface area contributed by atoms with Gasteiger partial charge in [0.25, 0.3) is 0 Å². The van der Waals surface area contributed by atoms with E-state index in [4.69, 9.17) is 8.92 Å². The molecule has 0 aromatic heterocycles. The Morgan fingerprint density at radius 2 is 1.69 bits per heavy atom. The molecule has 0 heterocycles. The van der Waals surface area contributed by atoms with Crippen LogP contribution in [0.3, 0.4) is 0 Å². The number of hydrogen-bond donors (Lipinski definition) is 1. The molecule has 2 amide bonds. The summed E-state index contributed by atoms with van der Waals surface area (Å²) in [6.07, 6.45) is 2.32. The summed E-state index contributed by atoms with van der Waals surface area (Å²) in [5.74, 6) is 1.36. The third-order valence-corrected chi connectivity index (χ3v) is 5.90. The van der Waals surface area contributed by atoms with Crippen molar-refractivity contribution in [3.63, 3.8) is 0 Å². The number of methoxy groups -OCH3 is 1. The second-order valence-electron chi connectivity index (χ2n) is 7.02. The van der Waals surface area contributed by atoms with E-state index in [-0.39, 0.29) is 16.7 Å². The summed E-state index contributed by atoms with van der Waals surface area (Å²) in [5, 5.41) is 2.84. The number of urea groups is 1. The highest BCUT2D eigenvalue weighted by atomic mass is 32.2. The van der Waals surface area contributed by atoms with Gasteiger partial charge in [-0.2, -0.15) is 8.42 Å². The molecule has 0 atom stereocenters. The molecule has 0 aliphatic heterocycles. The van der Waals surface area contributed by atoms with Gasteiger partial charge in [-0.3, -0.25) is 0 Å². The molecule has 3 rings (SSSR count). The summed E-state index contributed by atoms with van der Waals surface area (Å²) in [6.45, 7) is 3.67. The predicted molar refractivity (Wildman–Crippen MR) is 109 cm³/mol. The summed E-state index contributed by atoms with van der Waals surface area (Å²) in [6, 6.07) is 12.7. The molecule has 7 nitrogen and oxygen atoms in total. The van der Waals surface area contributed by atoms with Crippen LogP contribution >= 0.6 is 0 Å². The SMILES string of the molecule is CCNC(=O)N(Cc1ccc(OS(=O)(=O)c2ccc(OC)cc2)cc1)CC1CC1. The molecule has 0 bridgehead atoms. The van der Waals surface area contributed by atoms with Gasteiger partial charge >= 0.3 is 16.1 Å². The summed E-state index contributed by atoms with van der Waals surface area (Å²) < 4.78 is 35.1. The van der Waals surface area contributed by atoms with Crippen LogP contribution in [0.15, 0.2) is 53.4 Å². The maximum atomic E-state index is 12.4. The van der Waals surface area contributed by atoms with Crippen molar-refractivity contribution >= 4 is 16.1 Å². The van der Waals surface area contributed by atoms with Gasteiger partial charge in [-0.25, -0.2) is 4.79 Å². The Bertz CT molecular complexity index is 923. The van der Waals surface area contributed by atoms with Gasteiger partial charge in [-0.1, -0.05) is 12.1 Å². The highest BCUT2D eigenvalue weighted by Gasteiger charge is 2.26. The smallest absolute Gasteiger partial charge is 0.339 e. The van der Waals surface area contributed by atoms with Gasteiger partial charge in [0.05, 0.1) is 7.11 Å².